The Labute approximate surface area is 248 Å². The zero-order valence-corrected chi connectivity index (χ0v) is 24.6. The quantitative estimate of drug-likeness (QED) is 0.342. The third-order valence-corrected chi connectivity index (χ3v) is 8.41. The van der Waals surface area contributed by atoms with Crippen LogP contribution >= 0.6 is 0 Å². The van der Waals surface area contributed by atoms with Crippen LogP contribution in [0.1, 0.15) is 16.7 Å². The highest BCUT2D eigenvalue weighted by Crippen LogP contribution is 2.28. The van der Waals surface area contributed by atoms with E-state index in [1.807, 2.05) is 47.3 Å². The summed E-state index contributed by atoms with van der Waals surface area (Å²) in [5, 5.41) is 8.05. The molecule has 1 amide bonds. The monoisotopic (exact) mass is 564 g/mol. The maximum absolute atomic E-state index is 13.0. The van der Waals surface area contributed by atoms with Crippen LogP contribution in [0.25, 0.3) is 16.9 Å². The first-order valence-corrected chi connectivity index (χ1v) is 14.9. The SMILES string of the molecule is Cc1cccc(N2CCN(CC(=O)NCc3cc(-c4ccn(-c5ccccc5)n4)cc(N4CCOCC4)c3)CC2)c1C. The molecule has 2 saturated heterocycles. The van der Waals surface area contributed by atoms with Gasteiger partial charge in [-0.2, -0.15) is 5.10 Å². The fourth-order valence-electron chi connectivity index (χ4n) is 5.82. The molecule has 2 aliphatic rings. The van der Waals surface area contributed by atoms with E-state index < -0.39 is 0 Å². The normalized spacial score (nSPS) is 16.0. The van der Waals surface area contributed by atoms with Crippen LogP contribution in [0.5, 0.6) is 0 Å². The molecule has 3 aromatic carbocycles. The molecule has 0 atom stereocenters. The number of piperazine rings is 1. The molecule has 0 bridgehead atoms. The largest absolute Gasteiger partial charge is 0.378 e. The molecule has 218 valence electrons. The number of amides is 1. The molecule has 0 radical (unpaired) electrons. The highest BCUT2D eigenvalue weighted by Gasteiger charge is 2.21. The average Bonchev–Trinajstić information content (AvgIpc) is 3.53. The lowest BCUT2D eigenvalue weighted by Crippen LogP contribution is -2.49. The number of benzene rings is 3. The number of carbonyl (C=O) groups excluding carboxylic acids is 1. The number of ether oxygens (including phenoxy) is 1. The van der Waals surface area contributed by atoms with E-state index in [9.17, 15) is 4.79 Å². The van der Waals surface area contributed by atoms with Gasteiger partial charge in [0.15, 0.2) is 0 Å². The van der Waals surface area contributed by atoms with Gasteiger partial charge in [0.2, 0.25) is 5.91 Å². The molecule has 2 aliphatic heterocycles. The second-order valence-electron chi connectivity index (χ2n) is 11.2. The van der Waals surface area contributed by atoms with Crippen LogP contribution in [0.2, 0.25) is 0 Å². The van der Waals surface area contributed by atoms with Crippen molar-refractivity contribution in [2.24, 2.45) is 0 Å². The van der Waals surface area contributed by atoms with E-state index in [1.54, 1.807) is 0 Å². The zero-order valence-electron chi connectivity index (χ0n) is 24.6. The molecule has 8 nitrogen and oxygen atoms in total. The molecular weight excluding hydrogens is 524 g/mol. The summed E-state index contributed by atoms with van der Waals surface area (Å²) >= 11 is 0. The minimum absolute atomic E-state index is 0.0573. The Hall–Kier alpha value is -4.14. The molecule has 3 heterocycles. The second kappa shape index (κ2) is 12.8. The lowest BCUT2D eigenvalue weighted by Gasteiger charge is -2.36. The van der Waals surface area contributed by atoms with Gasteiger partial charge in [0.25, 0.3) is 0 Å². The molecule has 0 aliphatic carbocycles. The highest BCUT2D eigenvalue weighted by molar-refractivity contribution is 5.78. The molecule has 1 N–H and O–H groups in total. The summed E-state index contributed by atoms with van der Waals surface area (Å²) in [7, 11) is 0. The second-order valence-corrected chi connectivity index (χ2v) is 11.2. The van der Waals surface area contributed by atoms with Crippen molar-refractivity contribution in [1.82, 2.24) is 20.0 Å². The summed E-state index contributed by atoms with van der Waals surface area (Å²) in [6.45, 7) is 12.0. The van der Waals surface area contributed by atoms with Crippen molar-refractivity contribution in [2.75, 3.05) is 68.8 Å². The Morgan fingerprint density at radius 2 is 1.62 bits per heavy atom. The van der Waals surface area contributed by atoms with Crippen LogP contribution in [0.15, 0.2) is 79.0 Å². The number of hydrogen-bond donors (Lipinski definition) is 1. The van der Waals surface area contributed by atoms with E-state index in [2.05, 4.69) is 70.3 Å². The number of anilines is 2. The van der Waals surface area contributed by atoms with Crippen LogP contribution in [-0.2, 0) is 16.1 Å². The lowest BCUT2D eigenvalue weighted by molar-refractivity contribution is -0.122. The van der Waals surface area contributed by atoms with Gasteiger partial charge in [-0.25, -0.2) is 4.68 Å². The number of aryl methyl sites for hydroxylation is 1. The van der Waals surface area contributed by atoms with Crippen LogP contribution in [0, 0.1) is 13.8 Å². The van der Waals surface area contributed by atoms with E-state index in [-0.39, 0.29) is 5.91 Å². The maximum Gasteiger partial charge on any atom is 0.234 e. The van der Waals surface area contributed by atoms with Crippen molar-refractivity contribution in [1.29, 1.82) is 0 Å². The number of morpholine rings is 1. The summed E-state index contributed by atoms with van der Waals surface area (Å²) in [5.41, 5.74) is 9.14. The summed E-state index contributed by atoms with van der Waals surface area (Å²) in [6, 6.07) is 25.2. The Morgan fingerprint density at radius 1 is 0.833 bits per heavy atom. The molecule has 0 saturated carbocycles. The molecule has 42 heavy (non-hydrogen) atoms. The van der Waals surface area contributed by atoms with E-state index in [4.69, 9.17) is 9.84 Å². The Morgan fingerprint density at radius 3 is 2.40 bits per heavy atom. The van der Waals surface area contributed by atoms with Crippen molar-refractivity contribution in [2.45, 2.75) is 20.4 Å². The van der Waals surface area contributed by atoms with E-state index in [0.29, 0.717) is 13.1 Å². The first-order valence-electron chi connectivity index (χ1n) is 14.9. The highest BCUT2D eigenvalue weighted by atomic mass is 16.5. The van der Waals surface area contributed by atoms with Gasteiger partial charge in [-0.1, -0.05) is 30.3 Å². The number of hydrogen-bond acceptors (Lipinski definition) is 6. The maximum atomic E-state index is 13.0. The third-order valence-electron chi connectivity index (χ3n) is 8.41. The molecule has 4 aromatic rings. The molecular formula is C34H40N6O2. The molecule has 6 rings (SSSR count). The average molecular weight is 565 g/mol. The summed E-state index contributed by atoms with van der Waals surface area (Å²) in [5.74, 6) is 0.0573. The number of rotatable bonds is 8. The zero-order chi connectivity index (χ0) is 28.9. The van der Waals surface area contributed by atoms with Gasteiger partial charge in [-0.15, -0.1) is 0 Å². The van der Waals surface area contributed by atoms with E-state index >= 15 is 0 Å². The van der Waals surface area contributed by atoms with Crippen molar-refractivity contribution in [3.8, 4) is 16.9 Å². The standard InChI is InChI=1S/C34H40N6O2/c1-26-7-6-10-33(27(26)2)39-15-13-37(14-16-39)25-34(41)35-24-28-21-29(23-31(22-28)38-17-19-42-20-18-38)32-11-12-40(36-32)30-8-4-3-5-9-30/h3-12,21-23H,13-20,24-25H2,1-2H3,(H,35,41). The van der Waals surface area contributed by atoms with Crippen molar-refractivity contribution in [3.63, 3.8) is 0 Å². The number of aromatic nitrogens is 2. The van der Waals surface area contributed by atoms with Crippen molar-refractivity contribution < 1.29 is 9.53 Å². The molecule has 2 fully saturated rings. The molecule has 1 aromatic heterocycles. The van der Waals surface area contributed by atoms with Gasteiger partial charge in [0.05, 0.1) is 31.1 Å². The smallest absolute Gasteiger partial charge is 0.234 e. The summed E-state index contributed by atoms with van der Waals surface area (Å²) < 4.78 is 7.49. The third kappa shape index (κ3) is 6.50. The van der Waals surface area contributed by atoms with Crippen LogP contribution < -0.4 is 15.1 Å². The van der Waals surface area contributed by atoms with Gasteiger partial charge in [-0.05, 0) is 73.0 Å². The first kappa shape index (κ1) is 28.0. The Bertz CT molecular complexity index is 1500. The Kier molecular flexibility index (Phi) is 8.53. The lowest BCUT2D eigenvalue weighted by atomic mass is 10.1. The predicted molar refractivity (Wildman–Crippen MR) is 168 cm³/mol. The van der Waals surface area contributed by atoms with Gasteiger partial charge in [0.1, 0.15) is 0 Å². The van der Waals surface area contributed by atoms with Crippen molar-refractivity contribution >= 4 is 17.3 Å². The fourth-order valence-corrected chi connectivity index (χ4v) is 5.82. The summed E-state index contributed by atoms with van der Waals surface area (Å²) in [4.78, 5) is 20.1. The topological polar surface area (TPSA) is 65.9 Å². The number of carbonyl (C=O) groups is 1. The minimum atomic E-state index is 0.0573. The minimum Gasteiger partial charge on any atom is -0.378 e. The first-order chi connectivity index (χ1) is 20.5. The van der Waals surface area contributed by atoms with Crippen LogP contribution in [0.3, 0.4) is 0 Å². The van der Waals surface area contributed by atoms with Gasteiger partial charge < -0.3 is 19.9 Å². The molecule has 0 unspecified atom stereocenters. The summed E-state index contributed by atoms with van der Waals surface area (Å²) in [6.07, 6.45) is 1.99. The Balaban J connectivity index is 1.11. The van der Waals surface area contributed by atoms with Crippen molar-refractivity contribution in [3.05, 3.63) is 95.7 Å². The molecule has 8 heteroatoms. The van der Waals surface area contributed by atoms with Gasteiger partial charge >= 0.3 is 0 Å². The van der Waals surface area contributed by atoms with Crippen LogP contribution in [-0.4, -0.2) is 79.6 Å². The number of para-hydroxylation sites is 1. The fraction of sp³-hybridized carbons (Fsp3) is 0.353. The number of nitrogens with one attached hydrogen (secondary N) is 1. The van der Waals surface area contributed by atoms with Gasteiger partial charge in [0, 0.05) is 68.9 Å². The molecule has 0 spiro atoms. The van der Waals surface area contributed by atoms with Gasteiger partial charge in [-0.3, -0.25) is 9.69 Å². The van der Waals surface area contributed by atoms with E-state index in [0.717, 1.165) is 80.7 Å². The number of nitrogens with zero attached hydrogens (tertiary/aromatic N) is 5. The van der Waals surface area contributed by atoms with Crippen LogP contribution in [0.4, 0.5) is 11.4 Å². The predicted octanol–water partition coefficient (Wildman–Crippen LogP) is 4.43. The van der Waals surface area contributed by atoms with E-state index in [1.165, 1.54) is 16.8 Å².